The van der Waals surface area contributed by atoms with Crippen LogP contribution in [0.2, 0.25) is 0 Å². The molecule has 0 bridgehead atoms. The summed E-state index contributed by atoms with van der Waals surface area (Å²) in [6.07, 6.45) is 0. The second-order valence-electron chi connectivity index (χ2n) is 7.80. The first-order chi connectivity index (χ1) is 15.6. The van der Waals surface area contributed by atoms with Gasteiger partial charge >= 0.3 is 0 Å². The number of nitrogens with zero attached hydrogens (tertiary/aromatic N) is 2. The van der Waals surface area contributed by atoms with Crippen LogP contribution in [0.5, 0.6) is 5.75 Å². The van der Waals surface area contributed by atoms with Crippen molar-refractivity contribution in [1.29, 1.82) is 0 Å². The highest BCUT2D eigenvalue weighted by atomic mass is 16.5. The fraction of sp³-hybridized carbons (Fsp3) is 0.231. The highest BCUT2D eigenvalue weighted by Gasteiger charge is 2.22. The Balaban J connectivity index is 1.36. The summed E-state index contributed by atoms with van der Waals surface area (Å²) in [4.78, 5) is 29.5. The number of carbonyl (C=O) groups is 2. The van der Waals surface area contributed by atoms with Gasteiger partial charge in [0.2, 0.25) is 0 Å². The minimum absolute atomic E-state index is 0.0786. The molecule has 0 radical (unpaired) electrons. The van der Waals surface area contributed by atoms with E-state index >= 15 is 0 Å². The molecule has 32 heavy (non-hydrogen) atoms. The Morgan fingerprint density at radius 3 is 2.19 bits per heavy atom. The Morgan fingerprint density at radius 1 is 0.844 bits per heavy atom. The van der Waals surface area contributed by atoms with Gasteiger partial charge in [-0.2, -0.15) is 0 Å². The van der Waals surface area contributed by atoms with Crippen LogP contribution >= 0.6 is 0 Å². The highest BCUT2D eigenvalue weighted by Crippen LogP contribution is 2.25. The SMILES string of the molecule is COc1c(C)cccc1C(=O)Nc1ccc(N2CCN(C(=O)c3ccccc3)CC2)cc1. The van der Waals surface area contributed by atoms with Gasteiger partial charge in [0.05, 0.1) is 12.7 Å². The molecule has 6 nitrogen and oxygen atoms in total. The van der Waals surface area contributed by atoms with Crippen molar-refractivity contribution in [1.82, 2.24) is 4.90 Å². The van der Waals surface area contributed by atoms with Gasteiger partial charge in [0.25, 0.3) is 11.8 Å². The van der Waals surface area contributed by atoms with Crippen LogP contribution in [0.15, 0.2) is 72.8 Å². The first-order valence-corrected chi connectivity index (χ1v) is 10.7. The Morgan fingerprint density at radius 2 is 1.53 bits per heavy atom. The molecule has 0 saturated carbocycles. The standard InChI is InChI=1S/C26H27N3O3/c1-19-7-6-10-23(24(19)32-2)25(30)27-21-11-13-22(14-12-21)28-15-17-29(18-16-28)26(31)20-8-4-3-5-9-20/h3-14H,15-18H2,1-2H3,(H,27,30). The molecule has 0 aliphatic carbocycles. The third kappa shape index (κ3) is 4.59. The van der Waals surface area contributed by atoms with Gasteiger partial charge in [0.1, 0.15) is 5.75 Å². The van der Waals surface area contributed by atoms with Gasteiger partial charge in [-0.05, 0) is 55.0 Å². The summed E-state index contributed by atoms with van der Waals surface area (Å²) >= 11 is 0. The zero-order chi connectivity index (χ0) is 22.5. The zero-order valence-electron chi connectivity index (χ0n) is 18.4. The zero-order valence-corrected chi connectivity index (χ0v) is 18.4. The molecule has 0 aromatic heterocycles. The molecule has 0 unspecified atom stereocenters. The van der Waals surface area contributed by atoms with E-state index in [1.54, 1.807) is 13.2 Å². The molecule has 1 aliphatic heterocycles. The Bertz CT molecular complexity index is 1090. The van der Waals surface area contributed by atoms with Crippen LogP contribution in [0.3, 0.4) is 0 Å². The summed E-state index contributed by atoms with van der Waals surface area (Å²) in [5.74, 6) is 0.464. The molecule has 1 saturated heterocycles. The third-order valence-corrected chi connectivity index (χ3v) is 5.74. The molecule has 3 aromatic carbocycles. The van der Waals surface area contributed by atoms with Gasteiger partial charge in [-0.1, -0.05) is 30.3 Å². The number of nitrogens with one attached hydrogen (secondary N) is 1. The maximum Gasteiger partial charge on any atom is 0.259 e. The van der Waals surface area contributed by atoms with Crippen molar-refractivity contribution in [3.05, 3.63) is 89.5 Å². The molecule has 2 amide bonds. The summed E-state index contributed by atoms with van der Waals surface area (Å²) in [5, 5.41) is 2.94. The number of aryl methyl sites for hydroxylation is 1. The molecule has 6 heteroatoms. The lowest BCUT2D eigenvalue weighted by molar-refractivity contribution is 0.0746. The van der Waals surface area contributed by atoms with E-state index in [1.807, 2.05) is 78.6 Å². The summed E-state index contributed by atoms with van der Waals surface area (Å²) < 4.78 is 5.39. The lowest BCUT2D eigenvalue weighted by Gasteiger charge is -2.36. The van der Waals surface area contributed by atoms with E-state index in [9.17, 15) is 9.59 Å². The molecule has 3 aromatic rings. The van der Waals surface area contributed by atoms with Gasteiger partial charge in [0, 0.05) is 43.1 Å². The number of hydrogen-bond acceptors (Lipinski definition) is 4. The number of hydrogen-bond donors (Lipinski definition) is 1. The summed E-state index contributed by atoms with van der Waals surface area (Å²) in [7, 11) is 1.57. The van der Waals surface area contributed by atoms with Crippen LogP contribution in [-0.2, 0) is 0 Å². The van der Waals surface area contributed by atoms with E-state index in [2.05, 4.69) is 10.2 Å². The quantitative estimate of drug-likeness (QED) is 0.660. The fourth-order valence-electron chi connectivity index (χ4n) is 3.99. The molecule has 1 heterocycles. The molecule has 1 N–H and O–H groups in total. The van der Waals surface area contributed by atoms with E-state index in [1.165, 1.54) is 0 Å². The van der Waals surface area contributed by atoms with E-state index in [4.69, 9.17) is 4.74 Å². The normalized spacial score (nSPS) is 13.6. The molecule has 0 spiro atoms. The topological polar surface area (TPSA) is 61.9 Å². The van der Waals surface area contributed by atoms with Gasteiger partial charge in [-0.3, -0.25) is 9.59 Å². The van der Waals surface area contributed by atoms with E-state index in [0.717, 1.165) is 35.6 Å². The number of amides is 2. The van der Waals surface area contributed by atoms with Gasteiger partial charge < -0.3 is 19.9 Å². The number of anilines is 2. The summed E-state index contributed by atoms with van der Waals surface area (Å²) in [5.41, 5.74) is 3.95. The van der Waals surface area contributed by atoms with Crippen LogP contribution in [0.25, 0.3) is 0 Å². The summed E-state index contributed by atoms with van der Waals surface area (Å²) in [6, 6.07) is 22.7. The molecule has 164 valence electrons. The second-order valence-corrected chi connectivity index (χ2v) is 7.80. The number of carbonyl (C=O) groups excluding carboxylic acids is 2. The molecule has 4 rings (SSSR count). The van der Waals surface area contributed by atoms with E-state index < -0.39 is 0 Å². The lowest BCUT2D eigenvalue weighted by atomic mass is 10.1. The van der Waals surface area contributed by atoms with Crippen molar-refractivity contribution in [3.8, 4) is 5.75 Å². The van der Waals surface area contributed by atoms with Crippen molar-refractivity contribution in [2.45, 2.75) is 6.92 Å². The predicted octanol–water partition coefficient (Wildman–Crippen LogP) is 4.22. The minimum atomic E-state index is -0.202. The van der Waals surface area contributed by atoms with Crippen molar-refractivity contribution < 1.29 is 14.3 Å². The fourth-order valence-corrected chi connectivity index (χ4v) is 3.99. The molecule has 0 atom stereocenters. The average molecular weight is 430 g/mol. The number of benzene rings is 3. The molecular weight excluding hydrogens is 402 g/mol. The smallest absolute Gasteiger partial charge is 0.259 e. The predicted molar refractivity (Wildman–Crippen MR) is 127 cm³/mol. The second kappa shape index (κ2) is 9.56. The third-order valence-electron chi connectivity index (χ3n) is 5.74. The number of para-hydroxylation sites is 1. The Labute approximate surface area is 188 Å². The van der Waals surface area contributed by atoms with Crippen LogP contribution in [-0.4, -0.2) is 50.0 Å². The largest absolute Gasteiger partial charge is 0.496 e. The van der Waals surface area contributed by atoms with Gasteiger partial charge in [-0.15, -0.1) is 0 Å². The van der Waals surface area contributed by atoms with Gasteiger partial charge in [0.15, 0.2) is 0 Å². The number of piperazine rings is 1. The number of rotatable bonds is 5. The van der Waals surface area contributed by atoms with Crippen LogP contribution in [0, 0.1) is 6.92 Å². The van der Waals surface area contributed by atoms with Crippen molar-refractivity contribution in [2.75, 3.05) is 43.5 Å². The minimum Gasteiger partial charge on any atom is -0.496 e. The lowest BCUT2D eigenvalue weighted by Crippen LogP contribution is -2.48. The number of methoxy groups -OCH3 is 1. The first-order valence-electron chi connectivity index (χ1n) is 10.7. The van der Waals surface area contributed by atoms with Crippen LogP contribution < -0.4 is 15.0 Å². The molecule has 1 aliphatic rings. The van der Waals surface area contributed by atoms with Crippen molar-refractivity contribution in [2.24, 2.45) is 0 Å². The monoisotopic (exact) mass is 429 g/mol. The van der Waals surface area contributed by atoms with Crippen molar-refractivity contribution >= 4 is 23.2 Å². The van der Waals surface area contributed by atoms with E-state index in [-0.39, 0.29) is 11.8 Å². The Hall–Kier alpha value is -3.80. The number of ether oxygens (including phenoxy) is 1. The Kier molecular flexibility index (Phi) is 6.40. The molecular formula is C26H27N3O3. The van der Waals surface area contributed by atoms with Crippen LogP contribution in [0.4, 0.5) is 11.4 Å². The maximum absolute atomic E-state index is 12.7. The van der Waals surface area contributed by atoms with Crippen molar-refractivity contribution in [3.63, 3.8) is 0 Å². The highest BCUT2D eigenvalue weighted by molar-refractivity contribution is 6.06. The molecule has 1 fully saturated rings. The van der Waals surface area contributed by atoms with Gasteiger partial charge in [-0.25, -0.2) is 0 Å². The maximum atomic E-state index is 12.7. The van der Waals surface area contributed by atoms with E-state index in [0.29, 0.717) is 24.4 Å². The first kappa shape index (κ1) is 21.4. The average Bonchev–Trinajstić information content (AvgIpc) is 2.84. The summed E-state index contributed by atoms with van der Waals surface area (Å²) in [6.45, 7) is 4.81. The van der Waals surface area contributed by atoms with Crippen LogP contribution in [0.1, 0.15) is 26.3 Å².